The molecule has 7 heteroatoms. The molecule has 0 N–H and O–H groups in total. The summed E-state index contributed by atoms with van der Waals surface area (Å²) in [4.78, 5) is 10.7. The number of hydrogen-bond acceptors (Lipinski definition) is 4. The molecule has 1 heterocycles. The largest absolute Gasteiger partial charge is 0.269 e. The van der Waals surface area contributed by atoms with Crippen LogP contribution in [-0.4, -0.2) is 10.6 Å². The molecule has 0 saturated heterocycles. The van der Waals surface area contributed by atoms with Crippen LogP contribution in [0, 0.1) is 16.0 Å². The average Bonchev–Trinajstić information content (AvgIpc) is 3.22. The number of anilines is 1. The summed E-state index contributed by atoms with van der Waals surface area (Å²) in [5.74, 6) is 0.216. The van der Waals surface area contributed by atoms with Crippen molar-refractivity contribution in [1.29, 1.82) is 0 Å². The minimum Gasteiger partial charge on any atom is -0.258 e. The van der Waals surface area contributed by atoms with Gasteiger partial charge in [0, 0.05) is 28.1 Å². The Balaban J connectivity index is 1.58. The van der Waals surface area contributed by atoms with Crippen LogP contribution < -0.4 is 5.01 Å². The van der Waals surface area contributed by atoms with Gasteiger partial charge in [-0.3, -0.25) is 15.1 Å². The maximum absolute atomic E-state index is 11.1. The van der Waals surface area contributed by atoms with Crippen LogP contribution >= 0.6 is 23.2 Å². The highest BCUT2D eigenvalue weighted by atomic mass is 35.5. The third-order valence-electron chi connectivity index (χ3n) is 6.25. The van der Waals surface area contributed by atoms with E-state index < -0.39 is 0 Å². The highest BCUT2D eigenvalue weighted by molar-refractivity contribution is 6.30. The summed E-state index contributed by atoms with van der Waals surface area (Å²) in [5.41, 5.74) is 5.40. The Morgan fingerprint density at radius 1 is 0.939 bits per heavy atom. The lowest BCUT2D eigenvalue weighted by atomic mass is 9.77. The summed E-state index contributed by atoms with van der Waals surface area (Å²) < 4.78 is 0. The lowest BCUT2D eigenvalue weighted by Gasteiger charge is -2.30. The molecule has 166 valence electrons. The Morgan fingerprint density at radius 2 is 1.58 bits per heavy atom. The smallest absolute Gasteiger partial charge is 0.258 e. The quantitative estimate of drug-likeness (QED) is 0.285. The van der Waals surface area contributed by atoms with Crippen LogP contribution in [0.3, 0.4) is 0 Å². The second-order valence-corrected chi connectivity index (χ2v) is 9.19. The van der Waals surface area contributed by atoms with E-state index in [0.29, 0.717) is 10.0 Å². The zero-order chi connectivity index (χ0) is 22.9. The van der Waals surface area contributed by atoms with Crippen molar-refractivity contribution in [2.24, 2.45) is 11.0 Å². The molecule has 3 aromatic carbocycles. The molecule has 2 atom stereocenters. The fraction of sp³-hybridized carbons (Fsp3) is 0.192. The first-order chi connectivity index (χ1) is 16.0. The van der Waals surface area contributed by atoms with Crippen LogP contribution in [0.4, 0.5) is 11.4 Å². The molecule has 3 aromatic rings. The molecule has 1 aliphatic heterocycles. The van der Waals surface area contributed by atoms with E-state index in [0.717, 1.165) is 41.8 Å². The highest BCUT2D eigenvalue weighted by Crippen LogP contribution is 2.46. The highest BCUT2D eigenvalue weighted by Gasteiger charge is 2.41. The van der Waals surface area contributed by atoms with Gasteiger partial charge in [-0.05, 0) is 78.4 Å². The standard InChI is InChI=1S/C26H21Cl2N3O2/c27-20-8-4-17(5-9-20)16-19-2-1-3-24-25(19)29-30(22-12-14-23(15-13-22)31(32)33)26(24)18-6-10-21(28)11-7-18/h4-16,24,26H,1-3H2/b19-16-/t24-,26+/m0/s1. The number of fused-ring (bicyclic) bond motifs is 1. The molecule has 0 aromatic heterocycles. The minimum atomic E-state index is -0.386. The average molecular weight is 478 g/mol. The van der Waals surface area contributed by atoms with Gasteiger partial charge in [0.2, 0.25) is 0 Å². The summed E-state index contributed by atoms with van der Waals surface area (Å²) in [6.45, 7) is 0. The molecular formula is C26H21Cl2N3O2. The van der Waals surface area contributed by atoms with Gasteiger partial charge < -0.3 is 0 Å². The van der Waals surface area contributed by atoms with E-state index in [4.69, 9.17) is 28.3 Å². The van der Waals surface area contributed by atoms with Gasteiger partial charge in [0.1, 0.15) is 0 Å². The molecule has 0 bridgehead atoms. The van der Waals surface area contributed by atoms with E-state index >= 15 is 0 Å². The second-order valence-electron chi connectivity index (χ2n) is 8.32. The number of nitro groups is 1. The van der Waals surface area contributed by atoms with Crippen molar-refractivity contribution in [3.05, 3.63) is 110 Å². The summed E-state index contributed by atoms with van der Waals surface area (Å²) in [5, 5.41) is 19.6. The SMILES string of the molecule is O=[N+]([O-])c1ccc(N2N=C3/C(=C\c4ccc(Cl)cc4)CCC[C@@H]3[C@H]2c2ccc(Cl)cc2)cc1. The third-order valence-corrected chi connectivity index (χ3v) is 6.75. The second kappa shape index (κ2) is 9.00. The molecule has 5 nitrogen and oxygen atoms in total. The number of nitrogens with zero attached hydrogens (tertiary/aromatic N) is 3. The maximum atomic E-state index is 11.1. The normalized spacial score (nSPS) is 21.1. The lowest BCUT2D eigenvalue weighted by Crippen LogP contribution is -2.28. The molecule has 33 heavy (non-hydrogen) atoms. The molecule has 1 fully saturated rings. The minimum absolute atomic E-state index is 0.00681. The van der Waals surface area contributed by atoms with Crippen molar-refractivity contribution >= 4 is 46.4 Å². The van der Waals surface area contributed by atoms with E-state index in [9.17, 15) is 10.1 Å². The Bertz CT molecular complexity index is 1240. The van der Waals surface area contributed by atoms with E-state index in [1.54, 1.807) is 12.1 Å². The van der Waals surface area contributed by atoms with Crippen LogP contribution in [0.15, 0.2) is 83.5 Å². The predicted octanol–water partition coefficient (Wildman–Crippen LogP) is 7.70. The van der Waals surface area contributed by atoms with Crippen LogP contribution in [0.5, 0.6) is 0 Å². The fourth-order valence-electron chi connectivity index (χ4n) is 4.70. The van der Waals surface area contributed by atoms with E-state index in [-0.39, 0.29) is 22.6 Å². The third kappa shape index (κ3) is 4.39. The first kappa shape index (κ1) is 21.7. The fourth-order valence-corrected chi connectivity index (χ4v) is 4.95. The van der Waals surface area contributed by atoms with Crippen LogP contribution in [-0.2, 0) is 0 Å². The van der Waals surface area contributed by atoms with Crippen molar-refractivity contribution in [1.82, 2.24) is 0 Å². The molecular weight excluding hydrogens is 457 g/mol. The van der Waals surface area contributed by atoms with E-state index in [1.165, 1.54) is 17.7 Å². The van der Waals surface area contributed by atoms with Crippen molar-refractivity contribution in [2.75, 3.05) is 5.01 Å². The maximum Gasteiger partial charge on any atom is 0.269 e. The number of rotatable bonds is 4. The molecule has 0 unspecified atom stereocenters. The number of allylic oxidation sites excluding steroid dienone is 1. The predicted molar refractivity (Wildman–Crippen MR) is 134 cm³/mol. The number of benzene rings is 3. The summed E-state index contributed by atoms with van der Waals surface area (Å²) >= 11 is 12.2. The molecule has 0 amide bonds. The number of hydrogen-bond donors (Lipinski definition) is 0. The Hall–Kier alpha value is -3.15. The first-order valence-corrected chi connectivity index (χ1v) is 11.6. The Kier molecular flexibility index (Phi) is 5.92. The van der Waals surface area contributed by atoms with Gasteiger partial charge in [-0.2, -0.15) is 5.10 Å². The zero-order valence-electron chi connectivity index (χ0n) is 17.7. The number of hydrazone groups is 1. The van der Waals surface area contributed by atoms with Gasteiger partial charge in [0.15, 0.2) is 0 Å². The number of halogens is 2. The van der Waals surface area contributed by atoms with Gasteiger partial charge >= 0.3 is 0 Å². The van der Waals surface area contributed by atoms with Crippen molar-refractivity contribution in [3.8, 4) is 0 Å². The topological polar surface area (TPSA) is 58.7 Å². The van der Waals surface area contributed by atoms with Gasteiger partial charge in [-0.1, -0.05) is 47.5 Å². The Morgan fingerprint density at radius 3 is 2.21 bits per heavy atom. The van der Waals surface area contributed by atoms with Gasteiger partial charge in [0.25, 0.3) is 5.69 Å². The monoisotopic (exact) mass is 477 g/mol. The van der Waals surface area contributed by atoms with Crippen LogP contribution in [0.25, 0.3) is 6.08 Å². The first-order valence-electron chi connectivity index (χ1n) is 10.8. The lowest BCUT2D eigenvalue weighted by molar-refractivity contribution is -0.384. The van der Waals surface area contributed by atoms with E-state index in [2.05, 4.69) is 6.08 Å². The molecule has 5 rings (SSSR count). The summed E-state index contributed by atoms with van der Waals surface area (Å²) in [6.07, 6.45) is 5.24. The van der Waals surface area contributed by atoms with Crippen LogP contribution in [0.1, 0.15) is 36.4 Å². The zero-order valence-corrected chi connectivity index (χ0v) is 19.2. The van der Waals surface area contributed by atoms with Crippen molar-refractivity contribution in [3.63, 3.8) is 0 Å². The van der Waals surface area contributed by atoms with Gasteiger partial charge in [-0.25, -0.2) is 0 Å². The van der Waals surface area contributed by atoms with Crippen LogP contribution in [0.2, 0.25) is 10.0 Å². The Labute approximate surface area is 202 Å². The number of non-ortho nitro benzene ring substituents is 1. The summed E-state index contributed by atoms with van der Waals surface area (Å²) in [7, 11) is 0. The molecule has 0 spiro atoms. The van der Waals surface area contributed by atoms with E-state index in [1.807, 2.05) is 53.5 Å². The van der Waals surface area contributed by atoms with Crippen molar-refractivity contribution in [2.45, 2.75) is 25.3 Å². The number of nitro benzene ring substituents is 1. The van der Waals surface area contributed by atoms with Crippen molar-refractivity contribution < 1.29 is 4.92 Å². The summed E-state index contributed by atoms with van der Waals surface area (Å²) in [6, 6.07) is 22.3. The molecule has 1 saturated carbocycles. The van der Waals surface area contributed by atoms with Gasteiger partial charge in [-0.15, -0.1) is 0 Å². The molecule has 2 aliphatic rings. The molecule has 0 radical (unpaired) electrons. The molecule has 1 aliphatic carbocycles. The van der Waals surface area contributed by atoms with Gasteiger partial charge in [0.05, 0.1) is 22.4 Å².